The second kappa shape index (κ2) is 3.61. The number of nitrogens with one attached hydrogen (secondary N) is 2. The second-order valence-corrected chi connectivity index (χ2v) is 3.14. The molecule has 2 N–H and O–H groups in total. The van der Waals surface area contributed by atoms with Crippen molar-refractivity contribution in [2.75, 3.05) is 12.4 Å². The highest BCUT2D eigenvalue weighted by Crippen LogP contribution is 2.24. The first kappa shape index (κ1) is 9.51. The van der Waals surface area contributed by atoms with Crippen molar-refractivity contribution in [1.82, 2.24) is 5.32 Å². The van der Waals surface area contributed by atoms with Crippen LogP contribution in [0.2, 0.25) is 0 Å². The Bertz CT molecular complexity index is 429. The number of para-hydroxylation sites is 1. The molecule has 1 aliphatic rings. The molecule has 0 saturated carbocycles. The van der Waals surface area contributed by atoms with Gasteiger partial charge in [-0.05, 0) is 11.6 Å². The molecule has 1 heterocycles. The molecule has 15 heavy (non-hydrogen) atoms. The molecule has 1 aromatic carbocycles. The second-order valence-electron chi connectivity index (χ2n) is 3.14. The summed E-state index contributed by atoms with van der Waals surface area (Å²) < 4.78 is 4.63. The summed E-state index contributed by atoms with van der Waals surface area (Å²) in [6, 6.07) is 4.91. The fourth-order valence-electron chi connectivity index (χ4n) is 1.51. The van der Waals surface area contributed by atoms with Gasteiger partial charge in [-0.2, -0.15) is 0 Å². The van der Waals surface area contributed by atoms with Gasteiger partial charge in [-0.1, -0.05) is 12.1 Å². The molecule has 0 atom stereocenters. The number of esters is 1. The topological polar surface area (TPSA) is 67.4 Å². The lowest BCUT2D eigenvalue weighted by Gasteiger charge is -2.20. The van der Waals surface area contributed by atoms with Crippen molar-refractivity contribution in [3.8, 4) is 0 Å². The largest absolute Gasteiger partial charge is 0.465 e. The number of benzene rings is 1. The molecule has 0 radical (unpaired) electrons. The van der Waals surface area contributed by atoms with Crippen LogP contribution in [-0.2, 0) is 11.3 Å². The van der Waals surface area contributed by atoms with Gasteiger partial charge >= 0.3 is 12.0 Å². The number of amides is 2. The fraction of sp³-hybridized carbons (Fsp3) is 0.200. The van der Waals surface area contributed by atoms with Crippen LogP contribution in [0.3, 0.4) is 0 Å². The third-order valence-corrected chi connectivity index (χ3v) is 2.23. The number of ether oxygens (including phenoxy) is 1. The Morgan fingerprint density at radius 3 is 3.00 bits per heavy atom. The summed E-state index contributed by atoms with van der Waals surface area (Å²) in [6.07, 6.45) is 0. The lowest BCUT2D eigenvalue weighted by molar-refractivity contribution is 0.0602. The van der Waals surface area contributed by atoms with Gasteiger partial charge in [0.15, 0.2) is 0 Å². The normalized spacial score (nSPS) is 13.5. The number of rotatable bonds is 1. The van der Waals surface area contributed by atoms with E-state index in [1.54, 1.807) is 12.1 Å². The van der Waals surface area contributed by atoms with Gasteiger partial charge in [0.1, 0.15) is 0 Å². The zero-order valence-electron chi connectivity index (χ0n) is 8.16. The van der Waals surface area contributed by atoms with Crippen LogP contribution in [0.1, 0.15) is 15.9 Å². The number of hydrogen-bond acceptors (Lipinski definition) is 3. The number of urea groups is 1. The first-order valence-electron chi connectivity index (χ1n) is 4.47. The third kappa shape index (κ3) is 1.63. The van der Waals surface area contributed by atoms with Crippen molar-refractivity contribution in [1.29, 1.82) is 0 Å². The van der Waals surface area contributed by atoms with Crippen LogP contribution in [0.25, 0.3) is 0 Å². The number of carbonyl (C=O) groups excluding carboxylic acids is 2. The summed E-state index contributed by atoms with van der Waals surface area (Å²) >= 11 is 0. The molecule has 5 nitrogen and oxygen atoms in total. The predicted octanol–water partition coefficient (Wildman–Crippen LogP) is 1.11. The van der Waals surface area contributed by atoms with E-state index in [0.717, 1.165) is 5.56 Å². The van der Waals surface area contributed by atoms with Gasteiger partial charge in [-0.15, -0.1) is 0 Å². The lowest BCUT2D eigenvalue weighted by Crippen LogP contribution is -2.34. The summed E-state index contributed by atoms with van der Waals surface area (Å²) in [5.41, 5.74) is 1.79. The number of anilines is 1. The van der Waals surface area contributed by atoms with E-state index in [1.807, 2.05) is 6.07 Å². The van der Waals surface area contributed by atoms with E-state index in [9.17, 15) is 9.59 Å². The Morgan fingerprint density at radius 2 is 2.27 bits per heavy atom. The van der Waals surface area contributed by atoms with Crippen LogP contribution in [0.4, 0.5) is 10.5 Å². The summed E-state index contributed by atoms with van der Waals surface area (Å²) in [5.74, 6) is -0.450. The minimum atomic E-state index is -0.450. The summed E-state index contributed by atoms with van der Waals surface area (Å²) in [7, 11) is 1.31. The predicted molar refractivity (Wildman–Crippen MR) is 53.6 cm³/mol. The zero-order chi connectivity index (χ0) is 10.8. The Hall–Kier alpha value is -2.04. The number of methoxy groups -OCH3 is 1. The van der Waals surface area contributed by atoms with E-state index in [1.165, 1.54) is 7.11 Å². The molecule has 2 rings (SSSR count). The van der Waals surface area contributed by atoms with Crippen LogP contribution < -0.4 is 10.6 Å². The van der Waals surface area contributed by atoms with Gasteiger partial charge in [0.2, 0.25) is 0 Å². The highest BCUT2D eigenvalue weighted by molar-refractivity contribution is 6.02. The molecule has 0 saturated heterocycles. The zero-order valence-corrected chi connectivity index (χ0v) is 8.16. The van der Waals surface area contributed by atoms with Crippen molar-refractivity contribution in [2.45, 2.75) is 6.54 Å². The van der Waals surface area contributed by atoms with Gasteiger partial charge in [-0.25, -0.2) is 9.59 Å². The summed E-state index contributed by atoms with van der Waals surface area (Å²) in [6.45, 7) is 0.423. The molecular formula is C10H10N2O3. The first-order valence-corrected chi connectivity index (χ1v) is 4.47. The molecule has 0 fully saturated rings. The fourth-order valence-corrected chi connectivity index (χ4v) is 1.51. The lowest BCUT2D eigenvalue weighted by atomic mass is 10.1. The molecule has 0 bridgehead atoms. The molecular weight excluding hydrogens is 196 g/mol. The Morgan fingerprint density at radius 1 is 1.47 bits per heavy atom. The van der Waals surface area contributed by atoms with E-state index >= 15 is 0 Å². The summed E-state index contributed by atoms with van der Waals surface area (Å²) in [5, 5.41) is 5.21. The van der Waals surface area contributed by atoms with Crippen molar-refractivity contribution in [3.63, 3.8) is 0 Å². The SMILES string of the molecule is COC(=O)c1cccc2c1NC(=O)NC2. The van der Waals surface area contributed by atoms with Crippen molar-refractivity contribution >= 4 is 17.7 Å². The first-order chi connectivity index (χ1) is 7.22. The van der Waals surface area contributed by atoms with Crippen LogP contribution in [0, 0.1) is 0 Å². The van der Waals surface area contributed by atoms with E-state index < -0.39 is 5.97 Å². The molecule has 0 aromatic heterocycles. The van der Waals surface area contributed by atoms with Gasteiger partial charge in [0.25, 0.3) is 0 Å². The van der Waals surface area contributed by atoms with E-state index in [-0.39, 0.29) is 6.03 Å². The molecule has 5 heteroatoms. The van der Waals surface area contributed by atoms with Crippen LogP contribution in [0.15, 0.2) is 18.2 Å². The van der Waals surface area contributed by atoms with E-state index in [4.69, 9.17) is 0 Å². The molecule has 78 valence electrons. The maximum atomic E-state index is 11.4. The Balaban J connectivity index is 2.48. The molecule has 0 spiro atoms. The number of fused-ring (bicyclic) bond motifs is 1. The minimum absolute atomic E-state index is 0.307. The van der Waals surface area contributed by atoms with Gasteiger partial charge in [0, 0.05) is 6.54 Å². The van der Waals surface area contributed by atoms with E-state index in [2.05, 4.69) is 15.4 Å². The van der Waals surface area contributed by atoms with Crippen molar-refractivity contribution in [3.05, 3.63) is 29.3 Å². The molecule has 0 unspecified atom stereocenters. The quantitative estimate of drug-likeness (QED) is 0.676. The van der Waals surface area contributed by atoms with Crippen molar-refractivity contribution < 1.29 is 14.3 Å². The summed E-state index contributed by atoms with van der Waals surface area (Å²) in [4.78, 5) is 22.5. The molecule has 0 aliphatic carbocycles. The van der Waals surface area contributed by atoms with Gasteiger partial charge in [-0.3, -0.25) is 0 Å². The Kier molecular flexibility index (Phi) is 2.29. The molecule has 1 aliphatic heterocycles. The average Bonchev–Trinajstić information content (AvgIpc) is 2.27. The van der Waals surface area contributed by atoms with Gasteiger partial charge < -0.3 is 15.4 Å². The van der Waals surface area contributed by atoms with Crippen LogP contribution >= 0.6 is 0 Å². The average molecular weight is 206 g/mol. The molecule has 2 amide bonds. The maximum Gasteiger partial charge on any atom is 0.339 e. The highest BCUT2D eigenvalue weighted by atomic mass is 16.5. The minimum Gasteiger partial charge on any atom is -0.465 e. The van der Waals surface area contributed by atoms with Crippen molar-refractivity contribution in [2.24, 2.45) is 0 Å². The van der Waals surface area contributed by atoms with Crippen LogP contribution in [-0.4, -0.2) is 19.1 Å². The van der Waals surface area contributed by atoms with Crippen LogP contribution in [0.5, 0.6) is 0 Å². The monoisotopic (exact) mass is 206 g/mol. The third-order valence-electron chi connectivity index (χ3n) is 2.23. The smallest absolute Gasteiger partial charge is 0.339 e. The van der Waals surface area contributed by atoms with E-state index in [0.29, 0.717) is 17.8 Å². The Labute approximate surface area is 86.4 Å². The molecule has 1 aromatic rings. The number of hydrogen-bond donors (Lipinski definition) is 2. The van der Waals surface area contributed by atoms with Gasteiger partial charge in [0.05, 0.1) is 18.4 Å². The standard InChI is InChI=1S/C10H10N2O3/c1-15-9(13)7-4-2-3-6-5-11-10(14)12-8(6)7/h2-4H,5H2,1H3,(H2,11,12,14). The number of carbonyl (C=O) groups is 2. The maximum absolute atomic E-state index is 11.4. The highest BCUT2D eigenvalue weighted by Gasteiger charge is 2.20.